The number of esters is 2. The van der Waals surface area contributed by atoms with Crippen molar-refractivity contribution >= 4 is 11.9 Å². The Bertz CT molecular complexity index is 787. The molecule has 170 valence electrons. The number of carbonyl (C=O) groups excluding carboxylic acids is 2. The summed E-state index contributed by atoms with van der Waals surface area (Å²) in [6.07, 6.45) is 7.33. The number of ether oxygens (including phenoxy) is 2. The first kappa shape index (κ1) is 25.0. The fourth-order valence-corrected chi connectivity index (χ4v) is 2.85. The van der Waals surface area contributed by atoms with Crippen molar-refractivity contribution in [3.8, 4) is 0 Å². The molecule has 0 fully saturated rings. The third-order valence-corrected chi connectivity index (χ3v) is 4.68. The molecule has 0 aliphatic rings. The van der Waals surface area contributed by atoms with Crippen molar-refractivity contribution in [1.82, 2.24) is 0 Å². The number of aliphatic hydroxyl groups is 2. The Morgan fingerprint density at radius 1 is 0.656 bits per heavy atom. The third kappa shape index (κ3) is 9.73. The largest absolute Gasteiger partial charge is 0.458 e. The van der Waals surface area contributed by atoms with Crippen LogP contribution in [0.1, 0.15) is 46.4 Å². The molecular formula is C26H30O6. The molecule has 2 N–H and O–H groups in total. The summed E-state index contributed by atoms with van der Waals surface area (Å²) in [6.45, 7) is 0.317. The van der Waals surface area contributed by atoms with E-state index in [0.717, 1.165) is 0 Å². The normalized spacial score (nSPS) is 13.2. The van der Waals surface area contributed by atoms with Crippen molar-refractivity contribution in [3.05, 3.63) is 96.1 Å². The van der Waals surface area contributed by atoms with E-state index in [0.29, 0.717) is 36.8 Å². The van der Waals surface area contributed by atoms with Crippen molar-refractivity contribution in [2.45, 2.75) is 37.9 Å². The molecule has 0 heterocycles. The summed E-state index contributed by atoms with van der Waals surface area (Å²) in [4.78, 5) is 23.6. The summed E-state index contributed by atoms with van der Waals surface area (Å²) >= 11 is 0. The van der Waals surface area contributed by atoms with Gasteiger partial charge in [0.1, 0.15) is 13.2 Å². The summed E-state index contributed by atoms with van der Waals surface area (Å²) in [5, 5.41) is 20.1. The van der Waals surface area contributed by atoms with Crippen LogP contribution in [-0.4, -0.2) is 47.6 Å². The predicted octanol–water partition coefficient (Wildman–Crippen LogP) is 4.10. The maximum Gasteiger partial charge on any atom is 0.338 e. The second-order valence-electron chi connectivity index (χ2n) is 7.16. The zero-order valence-corrected chi connectivity index (χ0v) is 18.0. The van der Waals surface area contributed by atoms with Crippen molar-refractivity contribution in [1.29, 1.82) is 0 Å². The van der Waals surface area contributed by atoms with Gasteiger partial charge in [0.2, 0.25) is 0 Å². The molecule has 2 aromatic rings. The van der Waals surface area contributed by atoms with Gasteiger partial charge in [-0.3, -0.25) is 0 Å². The standard InChI is InChI=1S/C26H30O6/c27-23(17-9-3-11-19-31-25(29)21-13-5-1-6-14-21)24(28)18-10-4-12-20-32-26(30)22-15-7-2-8-16-22/h1-8,11-16,23-24,27-28H,9-10,17-20H2/b11-3+,12-4+/t23-,24-/m1/s1. The van der Waals surface area contributed by atoms with E-state index in [-0.39, 0.29) is 25.2 Å². The van der Waals surface area contributed by atoms with Crippen molar-refractivity contribution in [3.63, 3.8) is 0 Å². The van der Waals surface area contributed by atoms with Crippen LogP contribution in [-0.2, 0) is 9.47 Å². The van der Waals surface area contributed by atoms with Crippen LogP contribution in [0.25, 0.3) is 0 Å². The third-order valence-electron chi connectivity index (χ3n) is 4.68. The Morgan fingerprint density at radius 2 is 1.03 bits per heavy atom. The van der Waals surface area contributed by atoms with Gasteiger partial charge in [-0.25, -0.2) is 9.59 Å². The fourth-order valence-electron chi connectivity index (χ4n) is 2.85. The van der Waals surface area contributed by atoms with Gasteiger partial charge in [0.15, 0.2) is 0 Å². The Labute approximate surface area is 188 Å². The minimum Gasteiger partial charge on any atom is -0.458 e. The van der Waals surface area contributed by atoms with Gasteiger partial charge in [-0.15, -0.1) is 0 Å². The van der Waals surface area contributed by atoms with Crippen LogP contribution in [0.4, 0.5) is 0 Å². The molecule has 0 aliphatic heterocycles. The number of allylic oxidation sites excluding steroid dienone is 2. The Morgan fingerprint density at radius 3 is 1.41 bits per heavy atom. The Hall–Kier alpha value is -3.22. The van der Waals surface area contributed by atoms with Crippen LogP contribution in [0.15, 0.2) is 85.0 Å². The van der Waals surface area contributed by atoms with Gasteiger partial charge in [-0.1, -0.05) is 60.7 Å². The molecule has 6 heteroatoms. The second-order valence-corrected chi connectivity index (χ2v) is 7.16. The van der Waals surface area contributed by atoms with Gasteiger partial charge < -0.3 is 19.7 Å². The average molecular weight is 439 g/mol. The molecule has 6 nitrogen and oxygen atoms in total. The molecule has 2 atom stereocenters. The van der Waals surface area contributed by atoms with E-state index < -0.39 is 12.2 Å². The first-order valence-corrected chi connectivity index (χ1v) is 10.7. The number of carbonyl (C=O) groups is 2. The second kappa shape index (κ2) is 14.7. The number of hydrogen-bond acceptors (Lipinski definition) is 6. The van der Waals surface area contributed by atoms with E-state index in [1.54, 1.807) is 60.7 Å². The van der Waals surface area contributed by atoms with Gasteiger partial charge in [-0.05, 0) is 49.9 Å². The minimum atomic E-state index is -0.837. The average Bonchev–Trinajstić information content (AvgIpc) is 2.83. The number of hydrogen-bond donors (Lipinski definition) is 2. The Kier molecular flexibility index (Phi) is 11.5. The van der Waals surface area contributed by atoms with Crippen molar-refractivity contribution in [2.75, 3.05) is 13.2 Å². The van der Waals surface area contributed by atoms with Crippen LogP contribution in [0.5, 0.6) is 0 Å². The minimum absolute atomic E-state index is 0.159. The monoisotopic (exact) mass is 438 g/mol. The fraction of sp³-hybridized carbons (Fsp3) is 0.308. The quantitative estimate of drug-likeness (QED) is 0.361. The highest BCUT2D eigenvalue weighted by molar-refractivity contribution is 5.89. The van der Waals surface area contributed by atoms with Crippen LogP contribution < -0.4 is 0 Å². The zero-order valence-electron chi connectivity index (χ0n) is 18.0. The molecule has 2 aromatic carbocycles. The van der Waals surface area contributed by atoms with E-state index >= 15 is 0 Å². The van der Waals surface area contributed by atoms with Crippen molar-refractivity contribution in [2.24, 2.45) is 0 Å². The van der Waals surface area contributed by atoms with E-state index in [1.165, 1.54) is 0 Å². The van der Waals surface area contributed by atoms with Gasteiger partial charge >= 0.3 is 11.9 Å². The van der Waals surface area contributed by atoms with Crippen LogP contribution in [0, 0.1) is 0 Å². The summed E-state index contributed by atoms with van der Waals surface area (Å²) in [5.41, 5.74) is 1.01. The first-order valence-electron chi connectivity index (χ1n) is 10.7. The molecule has 32 heavy (non-hydrogen) atoms. The van der Waals surface area contributed by atoms with Gasteiger partial charge in [0.25, 0.3) is 0 Å². The molecule has 0 radical (unpaired) electrons. The maximum absolute atomic E-state index is 11.8. The zero-order chi connectivity index (χ0) is 23.0. The van der Waals surface area contributed by atoms with Crippen LogP contribution in [0.3, 0.4) is 0 Å². The molecular weight excluding hydrogens is 408 g/mol. The topological polar surface area (TPSA) is 93.1 Å². The molecule has 0 saturated carbocycles. The molecule has 0 aliphatic carbocycles. The number of aliphatic hydroxyl groups excluding tert-OH is 2. The van der Waals surface area contributed by atoms with Gasteiger partial charge in [0.05, 0.1) is 23.3 Å². The van der Waals surface area contributed by atoms with Crippen molar-refractivity contribution < 1.29 is 29.3 Å². The summed E-state index contributed by atoms with van der Waals surface area (Å²) in [6, 6.07) is 17.5. The lowest BCUT2D eigenvalue weighted by molar-refractivity contribution is 0.0111. The van der Waals surface area contributed by atoms with Crippen LogP contribution in [0.2, 0.25) is 0 Å². The first-order chi connectivity index (χ1) is 15.6. The molecule has 0 aromatic heterocycles. The summed E-state index contributed by atoms with van der Waals surface area (Å²) < 4.78 is 10.3. The summed E-state index contributed by atoms with van der Waals surface area (Å²) in [7, 11) is 0. The highest BCUT2D eigenvalue weighted by Crippen LogP contribution is 2.10. The smallest absolute Gasteiger partial charge is 0.338 e. The summed E-state index contributed by atoms with van der Waals surface area (Å²) in [5.74, 6) is -0.762. The van der Waals surface area contributed by atoms with Gasteiger partial charge in [0, 0.05) is 0 Å². The molecule has 0 bridgehead atoms. The molecule has 0 saturated heterocycles. The molecule has 0 unspecified atom stereocenters. The lowest BCUT2D eigenvalue weighted by Gasteiger charge is -2.16. The maximum atomic E-state index is 11.8. The Balaban J connectivity index is 1.52. The van der Waals surface area contributed by atoms with E-state index in [9.17, 15) is 19.8 Å². The number of benzene rings is 2. The predicted molar refractivity (Wildman–Crippen MR) is 122 cm³/mol. The highest BCUT2D eigenvalue weighted by atomic mass is 16.5. The van der Waals surface area contributed by atoms with Crippen LogP contribution >= 0.6 is 0 Å². The van der Waals surface area contributed by atoms with E-state index in [1.807, 2.05) is 24.3 Å². The SMILES string of the molecule is O=C(OC/C=C/CC[C@@H](O)[C@H](O)CC/C=C/COC(=O)c1ccccc1)c1ccccc1. The number of rotatable bonds is 13. The lowest BCUT2D eigenvalue weighted by atomic mass is 10.0. The van der Waals surface area contributed by atoms with E-state index in [4.69, 9.17) is 9.47 Å². The van der Waals surface area contributed by atoms with E-state index in [2.05, 4.69) is 0 Å². The molecule has 2 rings (SSSR count). The highest BCUT2D eigenvalue weighted by Gasteiger charge is 2.14. The molecule has 0 spiro atoms. The molecule has 0 amide bonds. The van der Waals surface area contributed by atoms with Gasteiger partial charge in [-0.2, -0.15) is 0 Å². The lowest BCUT2D eigenvalue weighted by Crippen LogP contribution is -2.25.